The molecular weight excluding hydrogens is 420 g/mol. The lowest BCUT2D eigenvalue weighted by Gasteiger charge is -2.37. The van der Waals surface area contributed by atoms with Gasteiger partial charge in [-0.25, -0.2) is 0 Å². The van der Waals surface area contributed by atoms with Crippen LogP contribution >= 0.6 is 11.3 Å². The summed E-state index contributed by atoms with van der Waals surface area (Å²) in [7, 11) is 0. The number of hydrogen-bond acceptors (Lipinski definition) is 4. The van der Waals surface area contributed by atoms with Crippen molar-refractivity contribution < 1.29 is 14.3 Å². The van der Waals surface area contributed by atoms with Gasteiger partial charge in [-0.1, -0.05) is 31.5 Å². The minimum atomic E-state index is -0.123. The fourth-order valence-electron chi connectivity index (χ4n) is 4.21. The Hall–Kier alpha value is -2.34. The molecule has 1 saturated carbocycles. The van der Waals surface area contributed by atoms with E-state index in [1.165, 1.54) is 16.0 Å². The first-order chi connectivity index (χ1) is 15.4. The second-order valence-electron chi connectivity index (χ2n) is 9.49. The molecule has 4 rings (SSSR count). The lowest BCUT2D eigenvalue weighted by atomic mass is 10.00. The first-order valence-electron chi connectivity index (χ1n) is 11.8. The lowest BCUT2D eigenvalue weighted by Crippen LogP contribution is -2.48. The highest BCUT2D eigenvalue weighted by Crippen LogP contribution is 2.35. The molecule has 2 heterocycles. The Morgan fingerprint density at radius 3 is 2.62 bits per heavy atom. The quantitative estimate of drug-likeness (QED) is 0.544. The van der Waals surface area contributed by atoms with Crippen LogP contribution in [0, 0.1) is 18.8 Å². The normalized spacial score (nSPS) is 17.9. The fourth-order valence-corrected chi connectivity index (χ4v) is 5.14. The van der Waals surface area contributed by atoms with Crippen LogP contribution in [0.2, 0.25) is 0 Å². The van der Waals surface area contributed by atoms with Crippen molar-refractivity contribution in [1.29, 1.82) is 0 Å². The summed E-state index contributed by atoms with van der Waals surface area (Å²) in [5, 5.41) is 2.10. The predicted molar refractivity (Wildman–Crippen MR) is 128 cm³/mol. The molecule has 1 aliphatic carbocycles. The van der Waals surface area contributed by atoms with E-state index in [4.69, 9.17) is 4.74 Å². The standard InChI is InChI=1S/C26H34N2O3S/c1-18(2)10-13-27(26(30)20-6-7-20)16-25(29)28-14-11-24-22(12-15-32-24)23(28)17-31-21-8-4-19(3)5-9-21/h4-5,8-9,12,15,18,20,23H,6-7,10-11,13-14,16-17H2,1-3H3/t23-/m0/s1. The summed E-state index contributed by atoms with van der Waals surface area (Å²) in [5.41, 5.74) is 2.37. The summed E-state index contributed by atoms with van der Waals surface area (Å²) in [5.74, 6) is 1.61. The smallest absolute Gasteiger partial charge is 0.242 e. The number of hydrogen-bond donors (Lipinski definition) is 0. The molecule has 1 aromatic carbocycles. The van der Waals surface area contributed by atoms with E-state index in [-0.39, 0.29) is 30.3 Å². The Morgan fingerprint density at radius 1 is 1.19 bits per heavy atom. The largest absolute Gasteiger partial charge is 0.491 e. The second kappa shape index (κ2) is 10.1. The summed E-state index contributed by atoms with van der Waals surface area (Å²) in [6.45, 7) is 8.27. The highest BCUT2D eigenvalue weighted by Gasteiger charge is 2.37. The molecule has 6 heteroatoms. The van der Waals surface area contributed by atoms with Crippen LogP contribution in [0.4, 0.5) is 0 Å². The molecule has 0 N–H and O–H groups in total. The van der Waals surface area contributed by atoms with Gasteiger partial charge in [0.1, 0.15) is 12.4 Å². The third kappa shape index (κ3) is 5.52. The second-order valence-corrected chi connectivity index (χ2v) is 10.5. The number of amides is 2. The zero-order chi connectivity index (χ0) is 22.7. The number of benzene rings is 1. The number of nitrogens with zero attached hydrogens (tertiary/aromatic N) is 2. The average molecular weight is 455 g/mol. The highest BCUT2D eigenvalue weighted by atomic mass is 32.1. The van der Waals surface area contributed by atoms with Crippen molar-refractivity contribution in [2.75, 3.05) is 26.2 Å². The number of carbonyl (C=O) groups is 2. The fraction of sp³-hybridized carbons (Fsp3) is 0.538. The molecule has 1 aromatic heterocycles. The zero-order valence-electron chi connectivity index (χ0n) is 19.4. The van der Waals surface area contributed by atoms with Gasteiger partial charge >= 0.3 is 0 Å². The minimum Gasteiger partial charge on any atom is -0.491 e. The van der Waals surface area contributed by atoms with Crippen molar-refractivity contribution in [3.05, 3.63) is 51.7 Å². The number of ether oxygens (including phenoxy) is 1. The Kier molecular flexibility index (Phi) is 7.19. The zero-order valence-corrected chi connectivity index (χ0v) is 20.2. The number of carbonyl (C=O) groups excluding carboxylic acids is 2. The van der Waals surface area contributed by atoms with Crippen LogP contribution in [0.15, 0.2) is 35.7 Å². The van der Waals surface area contributed by atoms with E-state index in [0.717, 1.165) is 31.4 Å². The van der Waals surface area contributed by atoms with E-state index < -0.39 is 0 Å². The summed E-state index contributed by atoms with van der Waals surface area (Å²) in [4.78, 5) is 31.4. The average Bonchev–Trinajstić information content (AvgIpc) is 3.52. The molecule has 1 atom stereocenters. The van der Waals surface area contributed by atoms with E-state index in [2.05, 4.69) is 32.2 Å². The van der Waals surface area contributed by atoms with Crippen molar-refractivity contribution in [2.45, 2.75) is 52.5 Å². The van der Waals surface area contributed by atoms with Crippen LogP contribution in [0.25, 0.3) is 0 Å². The minimum absolute atomic E-state index is 0.0251. The van der Waals surface area contributed by atoms with Gasteiger partial charge in [0.2, 0.25) is 11.8 Å². The molecule has 0 saturated heterocycles. The maximum Gasteiger partial charge on any atom is 0.242 e. The number of thiophene rings is 1. The van der Waals surface area contributed by atoms with Gasteiger partial charge in [-0.15, -0.1) is 11.3 Å². The molecule has 5 nitrogen and oxygen atoms in total. The van der Waals surface area contributed by atoms with Crippen LogP contribution in [-0.2, 0) is 16.0 Å². The van der Waals surface area contributed by atoms with E-state index in [1.54, 1.807) is 16.2 Å². The number of fused-ring (bicyclic) bond motifs is 1. The first-order valence-corrected chi connectivity index (χ1v) is 12.6. The van der Waals surface area contributed by atoms with Gasteiger partial charge in [0.15, 0.2) is 0 Å². The molecule has 2 aliphatic rings. The molecule has 32 heavy (non-hydrogen) atoms. The topological polar surface area (TPSA) is 49.9 Å². The molecule has 172 valence electrons. The Morgan fingerprint density at radius 2 is 1.94 bits per heavy atom. The molecule has 1 fully saturated rings. The molecule has 0 spiro atoms. The van der Waals surface area contributed by atoms with Gasteiger partial charge in [0.05, 0.1) is 12.6 Å². The van der Waals surface area contributed by atoms with Gasteiger partial charge in [-0.2, -0.15) is 0 Å². The van der Waals surface area contributed by atoms with Crippen molar-refractivity contribution in [2.24, 2.45) is 11.8 Å². The van der Waals surface area contributed by atoms with Gasteiger partial charge in [-0.05, 0) is 67.7 Å². The van der Waals surface area contributed by atoms with Gasteiger partial charge < -0.3 is 14.5 Å². The number of rotatable bonds is 9. The van der Waals surface area contributed by atoms with Gasteiger partial charge in [-0.3, -0.25) is 9.59 Å². The lowest BCUT2D eigenvalue weighted by molar-refractivity contribution is -0.143. The van der Waals surface area contributed by atoms with E-state index in [1.807, 2.05) is 29.2 Å². The van der Waals surface area contributed by atoms with Gasteiger partial charge in [0.25, 0.3) is 0 Å². The molecule has 1 aliphatic heterocycles. The third-order valence-corrected chi connectivity index (χ3v) is 7.38. The maximum absolute atomic E-state index is 13.5. The van der Waals surface area contributed by atoms with Crippen molar-refractivity contribution >= 4 is 23.2 Å². The monoisotopic (exact) mass is 454 g/mol. The predicted octanol–water partition coefficient (Wildman–Crippen LogP) is 4.85. The van der Waals surface area contributed by atoms with Crippen LogP contribution in [0.3, 0.4) is 0 Å². The van der Waals surface area contributed by atoms with Crippen molar-refractivity contribution in [1.82, 2.24) is 9.80 Å². The van der Waals surface area contributed by atoms with Gasteiger partial charge in [0, 0.05) is 23.9 Å². The summed E-state index contributed by atoms with van der Waals surface area (Å²) in [6.07, 6.45) is 3.70. The summed E-state index contributed by atoms with van der Waals surface area (Å²) < 4.78 is 6.12. The van der Waals surface area contributed by atoms with E-state index in [0.29, 0.717) is 25.6 Å². The van der Waals surface area contributed by atoms with E-state index in [9.17, 15) is 9.59 Å². The van der Waals surface area contributed by atoms with Crippen LogP contribution in [-0.4, -0.2) is 47.9 Å². The summed E-state index contributed by atoms with van der Waals surface area (Å²) >= 11 is 1.75. The molecule has 0 radical (unpaired) electrons. The summed E-state index contributed by atoms with van der Waals surface area (Å²) in [6, 6.07) is 10.0. The Bertz CT molecular complexity index is 933. The first kappa shape index (κ1) is 22.8. The van der Waals surface area contributed by atoms with Crippen molar-refractivity contribution in [3.8, 4) is 5.75 Å². The number of aryl methyl sites for hydroxylation is 1. The molecule has 2 aromatic rings. The van der Waals surface area contributed by atoms with Crippen LogP contribution < -0.4 is 4.74 Å². The Labute approximate surface area is 195 Å². The SMILES string of the molecule is Cc1ccc(OC[C@H]2c3ccsc3CCN2C(=O)CN(CCC(C)C)C(=O)C2CC2)cc1. The van der Waals surface area contributed by atoms with Crippen molar-refractivity contribution in [3.63, 3.8) is 0 Å². The Balaban J connectivity index is 1.47. The molecule has 2 amide bonds. The third-order valence-electron chi connectivity index (χ3n) is 6.38. The maximum atomic E-state index is 13.5. The molecular formula is C26H34N2O3S. The molecule has 0 unspecified atom stereocenters. The van der Waals surface area contributed by atoms with E-state index >= 15 is 0 Å². The highest BCUT2D eigenvalue weighted by molar-refractivity contribution is 7.10. The molecule has 0 bridgehead atoms. The van der Waals surface area contributed by atoms with Crippen LogP contribution in [0.1, 0.15) is 55.2 Å². The van der Waals surface area contributed by atoms with Crippen LogP contribution in [0.5, 0.6) is 5.75 Å².